The molecule has 1 unspecified atom stereocenters. The Bertz CT molecular complexity index is 413. The van der Waals surface area contributed by atoms with E-state index in [-0.39, 0.29) is 17.7 Å². The van der Waals surface area contributed by atoms with E-state index >= 15 is 0 Å². The van der Waals surface area contributed by atoms with Crippen molar-refractivity contribution in [2.24, 2.45) is 11.7 Å². The molecule has 0 saturated carbocycles. The van der Waals surface area contributed by atoms with E-state index in [0.29, 0.717) is 12.3 Å². The highest BCUT2D eigenvalue weighted by molar-refractivity contribution is 5.82. The third kappa shape index (κ3) is 4.85. The molecule has 112 valence electrons. The summed E-state index contributed by atoms with van der Waals surface area (Å²) in [5.74, 6) is 0.589. The maximum absolute atomic E-state index is 12.1. The number of rotatable bonds is 7. The second kappa shape index (κ2) is 7.90. The molecule has 1 amide bonds. The van der Waals surface area contributed by atoms with Crippen molar-refractivity contribution < 1.29 is 9.90 Å². The zero-order valence-corrected chi connectivity index (χ0v) is 12.6. The molecule has 1 aromatic rings. The van der Waals surface area contributed by atoms with E-state index in [1.807, 2.05) is 6.92 Å². The van der Waals surface area contributed by atoms with Gasteiger partial charge in [-0.05, 0) is 37.0 Å². The molecule has 20 heavy (non-hydrogen) atoms. The number of hydrogen-bond donors (Lipinski definition) is 3. The molecule has 4 nitrogen and oxygen atoms in total. The Kier molecular flexibility index (Phi) is 6.52. The zero-order valence-electron chi connectivity index (χ0n) is 12.6. The summed E-state index contributed by atoms with van der Waals surface area (Å²) in [7, 11) is 0. The molecule has 0 radical (unpaired) electrons. The Balaban J connectivity index is 2.52. The predicted molar refractivity (Wildman–Crippen MR) is 81.5 cm³/mol. The van der Waals surface area contributed by atoms with Gasteiger partial charge in [0, 0.05) is 6.04 Å². The number of hydrogen-bond acceptors (Lipinski definition) is 3. The Labute approximate surface area is 121 Å². The predicted octanol–water partition coefficient (Wildman–Crippen LogP) is 2.20. The van der Waals surface area contributed by atoms with Gasteiger partial charge in [-0.1, -0.05) is 38.8 Å². The number of carbonyl (C=O) groups is 1. The number of benzene rings is 1. The molecule has 2 atom stereocenters. The lowest BCUT2D eigenvalue weighted by Gasteiger charge is -2.24. The van der Waals surface area contributed by atoms with Gasteiger partial charge < -0.3 is 16.2 Å². The molecule has 0 aromatic heterocycles. The van der Waals surface area contributed by atoms with Crippen LogP contribution < -0.4 is 11.1 Å². The number of carbonyl (C=O) groups excluding carboxylic acids is 1. The Morgan fingerprint density at radius 2 is 1.80 bits per heavy atom. The highest BCUT2D eigenvalue weighted by atomic mass is 16.3. The monoisotopic (exact) mass is 278 g/mol. The molecule has 4 heteroatoms. The molecule has 4 N–H and O–H groups in total. The van der Waals surface area contributed by atoms with Crippen molar-refractivity contribution in [3.8, 4) is 5.75 Å². The maximum atomic E-state index is 12.1. The fourth-order valence-corrected chi connectivity index (χ4v) is 2.42. The SMILES string of the molecule is CCC(CC)C(C)NC(=O)[C@@H](N)Cc1ccc(O)cc1. The van der Waals surface area contributed by atoms with Crippen molar-refractivity contribution in [1.82, 2.24) is 5.32 Å². The molecule has 0 aliphatic rings. The number of amides is 1. The van der Waals surface area contributed by atoms with Crippen molar-refractivity contribution in [3.05, 3.63) is 29.8 Å². The van der Waals surface area contributed by atoms with Crippen molar-refractivity contribution >= 4 is 5.91 Å². The largest absolute Gasteiger partial charge is 0.508 e. The second-order valence-electron chi connectivity index (χ2n) is 5.35. The molecule has 1 aromatic carbocycles. The molecule has 0 aliphatic carbocycles. The average Bonchev–Trinajstić information content (AvgIpc) is 2.42. The van der Waals surface area contributed by atoms with E-state index in [2.05, 4.69) is 19.2 Å². The molecule has 1 rings (SSSR count). The van der Waals surface area contributed by atoms with E-state index in [9.17, 15) is 9.90 Å². The van der Waals surface area contributed by atoms with Crippen molar-refractivity contribution in [1.29, 1.82) is 0 Å². The molecule has 0 aliphatic heterocycles. The van der Waals surface area contributed by atoms with Crippen LogP contribution in [-0.2, 0) is 11.2 Å². The van der Waals surface area contributed by atoms with E-state index in [1.165, 1.54) is 0 Å². The van der Waals surface area contributed by atoms with Gasteiger partial charge in [-0.25, -0.2) is 0 Å². The molecule has 0 spiro atoms. The van der Waals surface area contributed by atoms with Gasteiger partial charge in [0.25, 0.3) is 0 Å². The molecule has 0 heterocycles. The van der Waals surface area contributed by atoms with E-state index in [4.69, 9.17) is 5.73 Å². The van der Waals surface area contributed by atoms with Gasteiger partial charge in [-0.3, -0.25) is 4.79 Å². The highest BCUT2D eigenvalue weighted by Crippen LogP contribution is 2.13. The topological polar surface area (TPSA) is 75.4 Å². The van der Waals surface area contributed by atoms with Crippen molar-refractivity contribution in [2.45, 2.75) is 52.1 Å². The number of nitrogens with two attached hydrogens (primary N) is 1. The van der Waals surface area contributed by atoms with E-state index < -0.39 is 6.04 Å². The van der Waals surface area contributed by atoms with Gasteiger partial charge in [0.05, 0.1) is 6.04 Å². The van der Waals surface area contributed by atoms with Crippen LogP contribution in [0.5, 0.6) is 5.75 Å². The minimum Gasteiger partial charge on any atom is -0.508 e. The van der Waals surface area contributed by atoms with Crippen molar-refractivity contribution in [2.75, 3.05) is 0 Å². The van der Waals surface area contributed by atoms with Crippen LogP contribution in [0.25, 0.3) is 0 Å². The summed E-state index contributed by atoms with van der Waals surface area (Å²) in [5, 5.41) is 12.2. The van der Waals surface area contributed by atoms with Crippen LogP contribution in [0.3, 0.4) is 0 Å². The van der Waals surface area contributed by atoms with Crippen LogP contribution in [0, 0.1) is 5.92 Å². The number of aromatic hydroxyl groups is 1. The van der Waals surface area contributed by atoms with Gasteiger partial charge in [0.1, 0.15) is 5.75 Å². The average molecular weight is 278 g/mol. The van der Waals surface area contributed by atoms with E-state index in [1.54, 1.807) is 24.3 Å². The third-order valence-electron chi connectivity index (χ3n) is 3.85. The standard InChI is InChI=1S/C16H26N2O2/c1-4-13(5-2)11(3)18-16(20)15(17)10-12-6-8-14(19)9-7-12/h6-9,11,13,15,19H,4-5,10,17H2,1-3H3,(H,18,20)/t11?,15-/m0/s1. The fourth-order valence-electron chi connectivity index (χ4n) is 2.42. The minimum atomic E-state index is -0.559. The number of phenolic OH excluding ortho intramolecular Hbond substituents is 1. The van der Waals surface area contributed by atoms with Gasteiger partial charge in [-0.2, -0.15) is 0 Å². The zero-order chi connectivity index (χ0) is 15.1. The minimum absolute atomic E-state index is 0.113. The molecular formula is C16H26N2O2. The first-order valence-electron chi connectivity index (χ1n) is 7.31. The van der Waals surface area contributed by atoms with Gasteiger partial charge in [-0.15, -0.1) is 0 Å². The quantitative estimate of drug-likeness (QED) is 0.715. The Morgan fingerprint density at radius 3 is 2.30 bits per heavy atom. The Morgan fingerprint density at radius 1 is 1.25 bits per heavy atom. The van der Waals surface area contributed by atoms with Crippen LogP contribution in [0.2, 0.25) is 0 Å². The van der Waals surface area contributed by atoms with Gasteiger partial charge >= 0.3 is 0 Å². The summed E-state index contributed by atoms with van der Waals surface area (Å²) < 4.78 is 0. The smallest absolute Gasteiger partial charge is 0.237 e. The highest BCUT2D eigenvalue weighted by Gasteiger charge is 2.20. The molecule has 0 fully saturated rings. The maximum Gasteiger partial charge on any atom is 0.237 e. The second-order valence-corrected chi connectivity index (χ2v) is 5.35. The summed E-state index contributed by atoms with van der Waals surface area (Å²) in [6, 6.07) is 6.36. The number of nitrogens with one attached hydrogen (secondary N) is 1. The normalized spacial score (nSPS) is 14.1. The first-order chi connectivity index (χ1) is 9.47. The molecule has 0 saturated heterocycles. The summed E-state index contributed by atoms with van der Waals surface area (Å²) in [6.45, 7) is 6.29. The lowest BCUT2D eigenvalue weighted by Crippen LogP contribution is -2.47. The summed E-state index contributed by atoms with van der Waals surface area (Å²) in [5.41, 5.74) is 6.89. The van der Waals surface area contributed by atoms with Crippen LogP contribution in [0.15, 0.2) is 24.3 Å². The van der Waals surface area contributed by atoms with Crippen LogP contribution >= 0.6 is 0 Å². The summed E-state index contributed by atoms with van der Waals surface area (Å²) in [4.78, 5) is 12.1. The van der Waals surface area contributed by atoms with Crippen molar-refractivity contribution in [3.63, 3.8) is 0 Å². The summed E-state index contributed by atoms with van der Waals surface area (Å²) >= 11 is 0. The first-order valence-corrected chi connectivity index (χ1v) is 7.31. The van der Waals surface area contributed by atoms with Crippen LogP contribution in [0.1, 0.15) is 39.2 Å². The lowest BCUT2D eigenvalue weighted by atomic mass is 9.95. The molecule has 0 bridgehead atoms. The van der Waals surface area contributed by atoms with E-state index in [0.717, 1.165) is 18.4 Å². The number of phenols is 1. The first kappa shape index (κ1) is 16.5. The van der Waals surface area contributed by atoms with Crippen LogP contribution in [0.4, 0.5) is 0 Å². The van der Waals surface area contributed by atoms with Gasteiger partial charge in [0.15, 0.2) is 0 Å². The fraction of sp³-hybridized carbons (Fsp3) is 0.562. The lowest BCUT2D eigenvalue weighted by molar-refractivity contribution is -0.123. The molecular weight excluding hydrogens is 252 g/mol. The third-order valence-corrected chi connectivity index (χ3v) is 3.85. The van der Waals surface area contributed by atoms with Crippen LogP contribution in [-0.4, -0.2) is 23.1 Å². The van der Waals surface area contributed by atoms with Gasteiger partial charge in [0.2, 0.25) is 5.91 Å². The summed E-state index contributed by atoms with van der Waals surface area (Å²) in [6.07, 6.45) is 2.57. The Hall–Kier alpha value is -1.55.